The van der Waals surface area contributed by atoms with Gasteiger partial charge in [0.15, 0.2) is 0 Å². The fraction of sp³-hybridized carbons (Fsp3) is 0.0645. The minimum Gasteiger partial charge on any atom is -0.495 e. The first kappa shape index (κ1) is 30.6. The molecule has 0 saturated carbocycles. The third-order valence-corrected chi connectivity index (χ3v) is 7.31. The molecule has 4 aromatic rings. The zero-order chi connectivity index (χ0) is 30.1. The van der Waals surface area contributed by atoms with Gasteiger partial charge in [-0.1, -0.05) is 47.5 Å². The summed E-state index contributed by atoms with van der Waals surface area (Å²) < 4.78 is 19.7. The lowest BCUT2D eigenvalue weighted by Gasteiger charge is -2.13. The molecule has 0 heterocycles. The average Bonchev–Trinajstić information content (AvgIpc) is 2.98. The summed E-state index contributed by atoms with van der Waals surface area (Å²) in [5.41, 5.74) is 0.945. The van der Waals surface area contributed by atoms with Crippen molar-refractivity contribution < 1.29 is 23.5 Å². The van der Waals surface area contributed by atoms with Gasteiger partial charge in [-0.15, -0.1) is 11.8 Å². The van der Waals surface area contributed by atoms with Crippen molar-refractivity contribution >= 4 is 70.1 Å². The van der Waals surface area contributed by atoms with Gasteiger partial charge in [0.1, 0.15) is 17.3 Å². The van der Waals surface area contributed by atoms with E-state index in [1.807, 2.05) is 0 Å². The van der Waals surface area contributed by atoms with Gasteiger partial charge in [0, 0.05) is 26.7 Å². The van der Waals surface area contributed by atoms with Crippen molar-refractivity contribution in [1.29, 1.82) is 0 Å². The minimum atomic E-state index is -0.686. The molecule has 3 amide bonds. The number of nitrogens with one attached hydrogen (secondary N) is 3. The Hall–Kier alpha value is -4.31. The molecule has 0 atom stereocenters. The minimum absolute atomic E-state index is 0.0434. The second-order valence-electron chi connectivity index (χ2n) is 8.67. The lowest BCUT2D eigenvalue weighted by molar-refractivity contribution is -0.114. The van der Waals surface area contributed by atoms with Crippen LogP contribution in [-0.2, 0) is 9.59 Å². The Bertz CT molecular complexity index is 1610. The molecule has 4 rings (SSSR count). The van der Waals surface area contributed by atoms with E-state index in [4.69, 9.17) is 27.9 Å². The van der Waals surface area contributed by atoms with E-state index >= 15 is 0 Å². The molecule has 7 nitrogen and oxygen atoms in total. The van der Waals surface area contributed by atoms with E-state index in [0.717, 1.165) is 4.90 Å². The number of rotatable bonds is 10. The van der Waals surface area contributed by atoms with Crippen LogP contribution in [0, 0.1) is 5.82 Å². The summed E-state index contributed by atoms with van der Waals surface area (Å²) in [5, 5.41) is 8.57. The van der Waals surface area contributed by atoms with Crippen LogP contribution in [-0.4, -0.2) is 30.6 Å². The maximum atomic E-state index is 14.5. The summed E-state index contributed by atoms with van der Waals surface area (Å²) in [6, 6.07) is 24.1. The summed E-state index contributed by atoms with van der Waals surface area (Å²) >= 11 is 13.5. The lowest BCUT2D eigenvalue weighted by Crippen LogP contribution is -2.30. The molecule has 42 heavy (non-hydrogen) atoms. The number of benzene rings is 4. The van der Waals surface area contributed by atoms with Crippen molar-refractivity contribution in [2.45, 2.75) is 4.90 Å². The van der Waals surface area contributed by atoms with Gasteiger partial charge in [-0.25, -0.2) is 4.39 Å². The molecule has 4 aromatic carbocycles. The first-order chi connectivity index (χ1) is 20.2. The average molecular weight is 625 g/mol. The lowest BCUT2D eigenvalue weighted by atomic mass is 10.1. The van der Waals surface area contributed by atoms with E-state index in [9.17, 15) is 18.8 Å². The van der Waals surface area contributed by atoms with Gasteiger partial charge in [-0.2, -0.15) is 0 Å². The third-order valence-electron chi connectivity index (χ3n) is 5.73. The quantitative estimate of drug-likeness (QED) is 0.127. The molecule has 0 saturated heterocycles. The normalized spacial score (nSPS) is 11.0. The zero-order valence-electron chi connectivity index (χ0n) is 22.1. The number of anilines is 2. The molecule has 0 unspecified atom stereocenters. The highest BCUT2D eigenvalue weighted by Gasteiger charge is 2.17. The van der Waals surface area contributed by atoms with Crippen LogP contribution in [0.25, 0.3) is 6.08 Å². The van der Waals surface area contributed by atoms with Gasteiger partial charge in [0.2, 0.25) is 5.91 Å². The first-order valence-corrected chi connectivity index (χ1v) is 14.2. The first-order valence-electron chi connectivity index (χ1n) is 12.4. The van der Waals surface area contributed by atoms with Crippen LogP contribution < -0.4 is 20.7 Å². The van der Waals surface area contributed by atoms with E-state index in [2.05, 4.69) is 16.0 Å². The van der Waals surface area contributed by atoms with Crippen LogP contribution in [0.1, 0.15) is 15.9 Å². The summed E-state index contributed by atoms with van der Waals surface area (Å²) in [6.07, 6.45) is 1.19. The van der Waals surface area contributed by atoms with Crippen LogP contribution in [0.4, 0.5) is 15.8 Å². The molecule has 0 aliphatic carbocycles. The van der Waals surface area contributed by atoms with Gasteiger partial charge in [0.05, 0.1) is 23.6 Å². The number of halogens is 3. The molecule has 0 aromatic heterocycles. The third kappa shape index (κ3) is 8.36. The van der Waals surface area contributed by atoms with E-state index in [-0.39, 0.29) is 27.9 Å². The van der Waals surface area contributed by atoms with E-state index in [0.29, 0.717) is 27.7 Å². The van der Waals surface area contributed by atoms with E-state index in [1.165, 1.54) is 43.1 Å². The molecule has 0 aliphatic rings. The molecule has 0 bridgehead atoms. The van der Waals surface area contributed by atoms with Gasteiger partial charge in [-0.3, -0.25) is 14.4 Å². The fourth-order valence-corrected chi connectivity index (χ4v) is 4.77. The molecule has 214 valence electrons. The second kappa shape index (κ2) is 14.5. The maximum Gasteiger partial charge on any atom is 0.272 e. The Labute approximate surface area is 256 Å². The standard InChI is InChI=1S/C31H24Cl2FN3O4S/c1-41-28-15-10-20(32)16-26(28)36-29(38)18-42-22-13-11-21(12-14-22)35-31(40)27(17-23-24(33)8-5-9-25(23)34)37-30(39)19-6-3-2-4-7-19/h2-17H,18H2,1H3,(H,35,40)(H,36,38)(H,37,39)/b27-17-. The van der Waals surface area contributed by atoms with Crippen molar-refractivity contribution in [2.75, 3.05) is 23.5 Å². The molecule has 0 fully saturated rings. The van der Waals surface area contributed by atoms with Gasteiger partial charge in [0.25, 0.3) is 11.8 Å². The summed E-state index contributed by atoms with van der Waals surface area (Å²) in [7, 11) is 1.50. The Morgan fingerprint density at radius 3 is 2.33 bits per heavy atom. The number of amides is 3. The highest BCUT2D eigenvalue weighted by molar-refractivity contribution is 8.00. The van der Waals surface area contributed by atoms with Crippen molar-refractivity contribution in [2.24, 2.45) is 0 Å². The summed E-state index contributed by atoms with van der Waals surface area (Å²) in [6.45, 7) is 0. The molecule has 0 radical (unpaired) electrons. The molecular formula is C31H24Cl2FN3O4S. The SMILES string of the molecule is COc1ccc(Cl)cc1NC(=O)CSc1ccc(NC(=O)/C(=C/c2c(F)cccc2Cl)NC(=O)c2ccccc2)cc1. The predicted molar refractivity (Wildman–Crippen MR) is 166 cm³/mol. The molecule has 0 spiro atoms. The topological polar surface area (TPSA) is 96.5 Å². The van der Waals surface area contributed by atoms with Crippen LogP contribution in [0.5, 0.6) is 5.75 Å². The number of carbonyl (C=O) groups excluding carboxylic acids is 3. The Kier molecular flexibility index (Phi) is 10.6. The number of methoxy groups -OCH3 is 1. The fourth-order valence-electron chi connectivity index (χ4n) is 3.68. The van der Waals surface area contributed by atoms with Crippen LogP contribution in [0.2, 0.25) is 10.0 Å². The van der Waals surface area contributed by atoms with E-state index < -0.39 is 17.6 Å². The van der Waals surface area contributed by atoms with Gasteiger partial charge < -0.3 is 20.7 Å². The number of ether oxygens (including phenoxy) is 1. The molecular weight excluding hydrogens is 600 g/mol. The molecule has 0 aliphatic heterocycles. The van der Waals surface area contributed by atoms with Crippen molar-refractivity contribution in [3.8, 4) is 5.75 Å². The second-order valence-corrected chi connectivity index (χ2v) is 10.6. The highest BCUT2D eigenvalue weighted by Crippen LogP contribution is 2.28. The summed E-state index contributed by atoms with van der Waals surface area (Å²) in [5.74, 6) is -1.54. The Morgan fingerprint density at radius 1 is 0.905 bits per heavy atom. The van der Waals surface area contributed by atoms with Crippen molar-refractivity contribution in [3.63, 3.8) is 0 Å². The Balaban J connectivity index is 1.43. The number of thioether (sulfide) groups is 1. The monoisotopic (exact) mass is 623 g/mol. The largest absolute Gasteiger partial charge is 0.495 e. The zero-order valence-corrected chi connectivity index (χ0v) is 24.4. The smallest absolute Gasteiger partial charge is 0.272 e. The number of carbonyl (C=O) groups is 3. The molecule has 3 N–H and O–H groups in total. The predicted octanol–water partition coefficient (Wildman–Crippen LogP) is 7.28. The van der Waals surface area contributed by atoms with Gasteiger partial charge >= 0.3 is 0 Å². The molecule has 11 heteroatoms. The highest BCUT2D eigenvalue weighted by atomic mass is 35.5. The Morgan fingerprint density at radius 2 is 1.64 bits per heavy atom. The summed E-state index contributed by atoms with van der Waals surface area (Å²) in [4.78, 5) is 39.3. The number of hydrogen-bond donors (Lipinski definition) is 3. The van der Waals surface area contributed by atoms with Gasteiger partial charge in [-0.05, 0) is 72.8 Å². The number of hydrogen-bond acceptors (Lipinski definition) is 5. The van der Waals surface area contributed by atoms with Crippen molar-refractivity contribution in [1.82, 2.24) is 5.32 Å². The van der Waals surface area contributed by atoms with Crippen LogP contribution in [0.3, 0.4) is 0 Å². The maximum absolute atomic E-state index is 14.5. The van der Waals surface area contributed by atoms with Crippen molar-refractivity contribution in [3.05, 3.63) is 124 Å². The van der Waals surface area contributed by atoms with Crippen LogP contribution >= 0.6 is 35.0 Å². The van der Waals surface area contributed by atoms with Crippen LogP contribution in [0.15, 0.2) is 102 Å². The van der Waals surface area contributed by atoms with E-state index in [1.54, 1.807) is 72.8 Å².